The van der Waals surface area contributed by atoms with Gasteiger partial charge in [0.05, 0.1) is 20.8 Å². The van der Waals surface area contributed by atoms with Gasteiger partial charge in [-0.05, 0) is 31.0 Å². The average Bonchev–Trinajstić information content (AvgIpc) is 2.65. The Morgan fingerprint density at radius 1 is 1.16 bits per heavy atom. The van der Waals surface area contributed by atoms with E-state index in [0.717, 1.165) is 0 Å². The zero-order valence-corrected chi connectivity index (χ0v) is 14.4. The van der Waals surface area contributed by atoms with Gasteiger partial charge >= 0.3 is 0 Å². The summed E-state index contributed by atoms with van der Waals surface area (Å²) in [7, 11) is 3.00. The van der Waals surface area contributed by atoms with Gasteiger partial charge in [0.1, 0.15) is 0 Å². The number of carbonyl (C=O) groups excluding carboxylic acids is 3. The van der Waals surface area contributed by atoms with E-state index >= 15 is 0 Å². The van der Waals surface area contributed by atoms with Gasteiger partial charge in [-0.25, -0.2) is 0 Å². The molecule has 1 aromatic carbocycles. The standard InChI is InChI=1S/C17H23N3O5/c1-24-13-4-3-12(9-14(13)25-2)17(23)19-10-15(21)20-7-5-11(6-8-20)16(18)22/h3-4,9,11H,5-8,10H2,1-2H3,(H2,18,22)(H,19,23). The average molecular weight is 349 g/mol. The van der Waals surface area contributed by atoms with Gasteiger partial charge in [0.25, 0.3) is 5.91 Å². The summed E-state index contributed by atoms with van der Waals surface area (Å²) in [4.78, 5) is 37.2. The molecule has 1 fully saturated rings. The van der Waals surface area contributed by atoms with Crippen molar-refractivity contribution in [1.29, 1.82) is 0 Å². The number of likely N-dealkylation sites (tertiary alicyclic amines) is 1. The second-order valence-electron chi connectivity index (χ2n) is 5.81. The lowest BCUT2D eigenvalue weighted by Gasteiger charge is -2.30. The highest BCUT2D eigenvalue weighted by atomic mass is 16.5. The molecule has 2 rings (SSSR count). The van der Waals surface area contributed by atoms with Gasteiger partial charge in [-0.1, -0.05) is 0 Å². The number of methoxy groups -OCH3 is 2. The molecule has 0 aliphatic carbocycles. The van der Waals surface area contributed by atoms with Crippen LogP contribution in [0.5, 0.6) is 11.5 Å². The van der Waals surface area contributed by atoms with Crippen LogP contribution in [-0.2, 0) is 9.59 Å². The molecule has 1 aliphatic rings. The molecule has 136 valence electrons. The minimum absolute atomic E-state index is 0.103. The number of primary amides is 1. The monoisotopic (exact) mass is 349 g/mol. The van der Waals surface area contributed by atoms with Gasteiger partial charge in [-0.3, -0.25) is 14.4 Å². The zero-order chi connectivity index (χ0) is 18.4. The largest absolute Gasteiger partial charge is 0.493 e. The molecule has 8 heteroatoms. The summed E-state index contributed by atoms with van der Waals surface area (Å²) in [6, 6.07) is 4.78. The maximum absolute atomic E-state index is 12.2. The fraction of sp³-hybridized carbons (Fsp3) is 0.471. The molecule has 0 spiro atoms. The topological polar surface area (TPSA) is 111 Å². The second-order valence-corrected chi connectivity index (χ2v) is 5.81. The Morgan fingerprint density at radius 3 is 2.36 bits per heavy atom. The lowest BCUT2D eigenvalue weighted by atomic mass is 9.96. The van der Waals surface area contributed by atoms with Crippen molar-refractivity contribution in [2.45, 2.75) is 12.8 Å². The molecule has 0 bridgehead atoms. The summed E-state index contributed by atoms with van der Waals surface area (Å²) in [5.41, 5.74) is 5.65. The number of nitrogens with one attached hydrogen (secondary N) is 1. The SMILES string of the molecule is COc1ccc(C(=O)NCC(=O)N2CCC(C(N)=O)CC2)cc1OC. The molecule has 1 heterocycles. The van der Waals surface area contributed by atoms with Crippen molar-refractivity contribution in [2.24, 2.45) is 11.7 Å². The van der Waals surface area contributed by atoms with Crippen LogP contribution in [0.1, 0.15) is 23.2 Å². The molecule has 25 heavy (non-hydrogen) atoms. The third-order valence-electron chi connectivity index (χ3n) is 4.30. The minimum Gasteiger partial charge on any atom is -0.493 e. The first kappa shape index (κ1) is 18.6. The number of benzene rings is 1. The van der Waals surface area contributed by atoms with E-state index in [-0.39, 0.29) is 30.2 Å². The minimum atomic E-state index is -0.374. The molecule has 0 radical (unpaired) electrons. The normalized spacial score (nSPS) is 14.7. The molecule has 0 saturated carbocycles. The van der Waals surface area contributed by atoms with E-state index in [1.807, 2.05) is 0 Å². The number of carbonyl (C=O) groups is 3. The number of piperidine rings is 1. The Balaban J connectivity index is 1.87. The van der Waals surface area contributed by atoms with Crippen molar-refractivity contribution in [2.75, 3.05) is 33.9 Å². The van der Waals surface area contributed by atoms with Gasteiger partial charge in [-0.15, -0.1) is 0 Å². The maximum Gasteiger partial charge on any atom is 0.251 e. The second kappa shape index (κ2) is 8.36. The lowest BCUT2D eigenvalue weighted by Crippen LogP contribution is -2.45. The maximum atomic E-state index is 12.2. The predicted molar refractivity (Wildman–Crippen MR) is 90.4 cm³/mol. The molecule has 0 atom stereocenters. The molecule has 0 unspecified atom stereocenters. The first-order valence-electron chi connectivity index (χ1n) is 8.03. The molecular weight excluding hydrogens is 326 g/mol. The Hall–Kier alpha value is -2.77. The van der Waals surface area contributed by atoms with Gasteiger partial charge < -0.3 is 25.4 Å². The van der Waals surface area contributed by atoms with Crippen LogP contribution in [0.2, 0.25) is 0 Å². The first-order chi connectivity index (χ1) is 12.0. The Bertz CT molecular complexity index is 654. The van der Waals surface area contributed by atoms with Crippen molar-refractivity contribution in [3.63, 3.8) is 0 Å². The van der Waals surface area contributed by atoms with Crippen molar-refractivity contribution < 1.29 is 23.9 Å². The summed E-state index contributed by atoms with van der Waals surface area (Å²) in [6.45, 7) is 0.839. The van der Waals surface area contributed by atoms with Crippen LogP contribution in [0.25, 0.3) is 0 Å². The number of rotatable bonds is 6. The Morgan fingerprint density at radius 2 is 1.80 bits per heavy atom. The highest BCUT2D eigenvalue weighted by Crippen LogP contribution is 2.27. The molecule has 0 aromatic heterocycles. The fourth-order valence-electron chi connectivity index (χ4n) is 2.76. The lowest BCUT2D eigenvalue weighted by molar-refractivity contribution is -0.133. The van der Waals surface area contributed by atoms with E-state index in [1.165, 1.54) is 14.2 Å². The van der Waals surface area contributed by atoms with Crippen LogP contribution >= 0.6 is 0 Å². The third kappa shape index (κ3) is 4.62. The summed E-state index contributed by atoms with van der Waals surface area (Å²) >= 11 is 0. The van der Waals surface area contributed by atoms with Crippen LogP contribution in [0, 0.1) is 5.92 Å². The van der Waals surface area contributed by atoms with Gasteiger partial charge in [0.15, 0.2) is 11.5 Å². The van der Waals surface area contributed by atoms with Crippen LogP contribution in [0.3, 0.4) is 0 Å². The highest BCUT2D eigenvalue weighted by Gasteiger charge is 2.26. The van der Waals surface area contributed by atoms with Crippen molar-refractivity contribution in [3.8, 4) is 11.5 Å². The van der Waals surface area contributed by atoms with Crippen LogP contribution < -0.4 is 20.5 Å². The molecule has 1 saturated heterocycles. The molecule has 3 amide bonds. The summed E-state index contributed by atoms with van der Waals surface area (Å²) in [5.74, 6) is -0.0974. The summed E-state index contributed by atoms with van der Waals surface area (Å²) < 4.78 is 10.3. The molecule has 3 N–H and O–H groups in total. The fourth-order valence-corrected chi connectivity index (χ4v) is 2.76. The van der Waals surface area contributed by atoms with E-state index in [4.69, 9.17) is 15.2 Å². The van der Waals surface area contributed by atoms with Crippen molar-refractivity contribution in [1.82, 2.24) is 10.2 Å². The van der Waals surface area contributed by atoms with E-state index in [9.17, 15) is 14.4 Å². The molecular formula is C17H23N3O5. The van der Waals surface area contributed by atoms with Gasteiger partial charge in [0.2, 0.25) is 11.8 Å². The summed E-state index contributed by atoms with van der Waals surface area (Å²) in [6.07, 6.45) is 1.12. The number of amides is 3. The Labute approximate surface area is 146 Å². The Kier molecular flexibility index (Phi) is 6.21. The zero-order valence-electron chi connectivity index (χ0n) is 14.4. The van der Waals surface area contributed by atoms with E-state index in [0.29, 0.717) is 43.0 Å². The number of nitrogens with zero attached hydrogens (tertiary/aromatic N) is 1. The number of ether oxygens (including phenoxy) is 2. The number of hydrogen-bond donors (Lipinski definition) is 2. The van der Waals surface area contributed by atoms with E-state index < -0.39 is 0 Å². The highest BCUT2D eigenvalue weighted by molar-refractivity contribution is 5.97. The summed E-state index contributed by atoms with van der Waals surface area (Å²) in [5, 5.41) is 2.60. The van der Waals surface area contributed by atoms with Crippen molar-refractivity contribution in [3.05, 3.63) is 23.8 Å². The smallest absolute Gasteiger partial charge is 0.251 e. The molecule has 1 aliphatic heterocycles. The first-order valence-corrected chi connectivity index (χ1v) is 8.03. The van der Waals surface area contributed by atoms with E-state index in [2.05, 4.69) is 5.32 Å². The van der Waals surface area contributed by atoms with Crippen LogP contribution in [0.15, 0.2) is 18.2 Å². The molecule has 8 nitrogen and oxygen atoms in total. The third-order valence-corrected chi connectivity index (χ3v) is 4.30. The number of nitrogens with two attached hydrogens (primary N) is 1. The van der Waals surface area contributed by atoms with E-state index in [1.54, 1.807) is 23.1 Å². The molecule has 1 aromatic rings. The predicted octanol–water partition coefficient (Wildman–Crippen LogP) is 0.158. The van der Waals surface area contributed by atoms with Gasteiger partial charge in [-0.2, -0.15) is 0 Å². The van der Waals surface area contributed by atoms with Crippen LogP contribution in [0.4, 0.5) is 0 Å². The van der Waals surface area contributed by atoms with Crippen molar-refractivity contribution >= 4 is 17.7 Å². The van der Waals surface area contributed by atoms with Crippen LogP contribution in [-0.4, -0.2) is 56.5 Å². The number of hydrogen-bond acceptors (Lipinski definition) is 5. The van der Waals surface area contributed by atoms with Gasteiger partial charge in [0, 0.05) is 24.6 Å². The quantitative estimate of drug-likeness (QED) is 0.760.